The zero-order chi connectivity index (χ0) is 20.4. The van der Waals surface area contributed by atoms with Crippen molar-refractivity contribution in [2.75, 3.05) is 20.1 Å². The summed E-state index contributed by atoms with van der Waals surface area (Å²) in [6.45, 7) is 6.67. The lowest BCUT2D eigenvalue weighted by Crippen LogP contribution is -2.44. The fourth-order valence-corrected chi connectivity index (χ4v) is 2.57. The minimum absolute atomic E-state index is 0.264. The van der Waals surface area contributed by atoms with E-state index in [9.17, 15) is 4.79 Å². The Labute approximate surface area is 166 Å². The lowest BCUT2D eigenvalue weighted by atomic mass is 10.1. The molecule has 7 nitrogen and oxygen atoms in total. The highest BCUT2D eigenvalue weighted by atomic mass is 16.6. The Morgan fingerprint density at radius 1 is 1.14 bits per heavy atom. The van der Waals surface area contributed by atoms with Crippen LogP contribution >= 0.6 is 0 Å². The van der Waals surface area contributed by atoms with Gasteiger partial charge in [0.25, 0.3) is 0 Å². The molecule has 7 heteroatoms. The van der Waals surface area contributed by atoms with Crippen LogP contribution in [0, 0.1) is 0 Å². The molecule has 2 aromatic rings. The molecule has 1 atom stereocenters. The van der Waals surface area contributed by atoms with Gasteiger partial charge in [-0.2, -0.15) is 0 Å². The van der Waals surface area contributed by atoms with Crippen LogP contribution in [0.1, 0.15) is 38.1 Å². The highest BCUT2D eigenvalue weighted by molar-refractivity contribution is 5.79. The average Bonchev–Trinajstić information content (AvgIpc) is 3.16. The molecule has 3 N–H and O–H groups in total. The molecule has 0 aliphatic rings. The molecule has 0 saturated carbocycles. The summed E-state index contributed by atoms with van der Waals surface area (Å²) in [7, 11) is 1.71. The van der Waals surface area contributed by atoms with E-state index in [1.165, 1.54) is 0 Å². The second-order valence-electron chi connectivity index (χ2n) is 7.32. The lowest BCUT2D eigenvalue weighted by molar-refractivity contribution is 0.0504. The molecule has 1 aromatic carbocycles. The summed E-state index contributed by atoms with van der Waals surface area (Å²) >= 11 is 0. The summed E-state index contributed by atoms with van der Waals surface area (Å²) in [6.07, 6.45) is 1.96. The topological polar surface area (TPSA) is 87.9 Å². The molecule has 1 amide bonds. The lowest BCUT2D eigenvalue weighted by Gasteiger charge is -2.24. The molecule has 1 heterocycles. The maximum absolute atomic E-state index is 12.2. The highest BCUT2D eigenvalue weighted by Crippen LogP contribution is 2.14. The van der Waals surface area contributed by atoms with E-state index in [0.29, 0.717) is 19.0 Å². The first kappa shape index (κ1) is 21.3. The molecule has 152 valence electrons. The van der Waals surface area contributed by atoms with Gasteiger partial charge in [-0.25, -0.2) is 4.79 Å². The fourth-order valence-electron chi connectivity index (χ4n) is 2.57. The summed E-state index contributed by atoms with van der Waals surface area (Å²) in [4.78, 5) is 16.5. The maximum Gasteiger partial charge on any atom is 0.408 e. The monoisotopic (exact) mass is 386 g/mol. The van der Waals surface area contributed by atoms with Gasteiger partial charge in [0, 0.05) is 26.6 Å². The van der Waals surface area contributed by atoms with Crippen LogP contribution < -0.4 is 16.0 Å². The number of carbonyl (C=O) groups is 1. The van der Waals surface area contributed by atoms with Gasteiger partial charge in [-0.05, 0) is 38.5 Å². The van der Waals surface area contributed by atoms with Gasteiger partial charge in [0.15, 0.2) is 5.96 Å². The van der Waals surface area contributed by atoms with Crippen molar-refractivity contribution < 1.29 is 13.9 Å². The van der Waals surface area contributed by atoms with E-state index in [4.69, 9.17) is 9.15 Å². The van der Waals surface area contributed by atoms with Gasteiger partial charge in [-0.3, -0.25) is 4.99 Å². The molecule has 1 aromatic heterocycles. The second kappa shape index (κ2) is 10.4. The number of alkyl carbamates (subject to hydrolysis) is 1. The summed E-state index contributed by atoms with van der Waals surface area (Å²) in [5, 5.41) is 9.42. The van der Waals surface area contributed by atoms with E-state index in [-0.39, 0.29) is 6.04 Å². The SMILES string of the molecule is CN=C(NCCc1ccco1)NCC(NC(=O)OC(C)(C)C)c1ccccc1. The molecule has 0 spiro atoms. The van der Waals surface area contributed by atoms with Gasteiger partial charge in [-0.1, -0.05) is 30.3 Å². The van der Waals surface area contributed by atoms with Gasteiger partial charge in [0.1, 0.15) is 11.4 Å². The molecule has 0 aliphatic carbocycles. The quantitative estimate of drug-likeness (QED) is 0.502. The Bertz CT molecular complexity index is 737. The fraction of sp³-hybridized carbons (Fsp3) is 0.429. The molecule has 28 heavy (non-hydrogen) atoms. The number of amides is 1. The van der Waals surface area contributed by atoms with Crippen molar-refractivity contribution in [3.63, 3.8) is 0 Å². The molecule has 0 bridgehead atoms. The van der Waals surface area contributed by atoms with E-state index in [0.717, 1.165) is 17.7 Å². The number of hydrogen-bond acceptors (Lipinski definition) is 4. The molecule has 0 saturated heterocycles. The number of rotatable bonds is 7. The van der Waals surface area contributed by atoms with E-state index >= 15 is 0 Å². The second-order valence-corrected chi connectivity index (χ2v) is 7.32. The van der Waals surface area contributed by atoms with Crippen molar-refractivity contribution >= 4 is 12.1 Å². The summed E-state index contributed by atoms with van der Waals surface area (Å²) in [5.41, 5.74) is 0.425. The van der Waals surface area contributed by atoms with Crippen LogP contribution in [0.15, 0.2) is 58.1 Å². The largest absolute Gasteiger partial charge is 0.469 e. The van der Waals surface area contributed by atoms with Crippen molar-refractivity contribution in [2.45, 2.75) is 38.8 Å². The number of benzene rings is 1. The third-order valence-electron chi connectivity index (χ3n) is 3.83. The van der Waals surface area contributed by atoms with Crippen molar-refractivity contribution in [3.8, 4) is 0 Å². The zero-order valence-electron chi connectivity index (χ0n) is 17.0. The number of nitrogens with zero attached hydrogens (tertiary/aromatic N) is 1. The number of ether oxygens (including phenoxy) is 1. The van der Waals surface area contributed by atoms with Crippen LogP contribution in [-0.4, -0.2) is 37.8 Å². The first-order valence-corrected chi connectivity index (χ1v) is 9.39. The summed E-state index contributed by atoms with van der Waals surface area (Å²) in [5.74, 6) is 1.56. The predicted octanol–water partition coefficient (Wildman–Crippen LogP) is 3.25. The third-order valence-corrected chi connectivity index (χ3v) is 3.83. The molecule has 0 aliphatic heterocycles. The van der Waals surface area contributed by atoms with Crippen LogP contribution in [0.25, 0.3) is 0 Å². The molecule has 0 fully saturated rings. The Balaban J connectivity index is 1.92. The Morgan fingerprint density at radius 2 is 1.89 bits per heavy atom. The van der Waals surface area contributed by atoms with E-state index in [1.54, 1.807) is 13.3 Å². The number of hydrogen-bond donors (Lipinski definition) is 3. The minimum atomic E-state index is -0.553. The summed E-state index contributed by atoms with van der Waals surface area (Å²) in [6, 6.07) is 13.3. The van der Waals surface area contributed by atoms with E-state index in [2.05, 4.69) is 20.9 Å². The molecular weight excluding hydrogens is 356 g/mol. The van der Waals surface area contributed by atoms with Gasteiger partial charge >= 0.3 is 6.09 Å². The zero-order valence-corrected chi connectivity index (χ0v) is 17.0. The van der Waals surface area contributed by atoms with Crippen LogP contribution in [0.5, 0.6) is 0 Å². The van der Waals surface area contributed by atoms with Crippen LogP contribution in [-0.2, 0) is 11.2 Å². The Morgan fingerprint density at radius 3 is 2.50 bits per heavy atom. The number of furan rings is 1. The molecular formula is C21H30N4O3. The summed E-state index contributed by atoms with van der Waals surface area (Å²) < 4.78 is 10.7. The Kier molecular flexibility index (Phi) is 7.92. The van der Waals surface area contributed by atoms with Crippen molar-refractivity contribution in [2.24, 2.45) is 4.99 Å². The van der Waals surface area contributed by atoms with Crippen molar-refractivity contribution in [1.29, 1.82) is 0 Å². The average molecular weight is 386 g/mol. The number of nitrogens with one attached hydrogen (secondary N) is 3. The van der Waals surface area contributed by atoms with Crippen molar-refractivity contribution in [3.05, 3.63) is 60.1 Å². The smallest absolute Gasteiger partial charge is 0.408 e. The molecule has 2 rings (SSSR count). The molecule has 0 radical (unpaired) electrons. The minimum Gasteiger partial charge on any atom is -0.469 e. The number of aliphatic imine (C=N–C) groups is 1. The van der Waals surface area contributed by atoms with E-state index in [1.807, 2.05) is 63.2 Å². The van der Waals surface area contributed by atoms with Crippen LogP contribution in [0.2, 0.25) is 0 Å². The van der Waals surface area contributed by atoms with Gasteiger partial charge in [0.05, 0.1) is 12.3 Å². The van der Waals surface area contributed by atoms with Crippen LogP contribution in [0.3, 0.4) is 0 Å². The van der Waals surface area contributed by atoms with Gasteiger partial charge in [0.2, 0.25) is 0 Å². The number of carbonyl (C=O) groups excluding carboxylic acids is 1. The normalized spacial score (nSPS) is 12.9. The third kappa shape index (κ3) is 7.73. The highest BCUT2D eigenvalue weighted by Gasteiger charge is 2.20. The van der Waals surface area contributed by atoms with Crippen LogP contribution in [0.4, 0.5) is 4.79 Å². The first-order chi connectivity index (χ1) is 13.4. The van der Waals surface area contributed by atoms with Gasteiger partial charge in [-0.15, -0.1) is 0 Å². The Hall–Kier alpha value is -2.96. The maximum atomic E-state index is 12.2. The van der Waals surface area contributed by atoms with Crippen molar-refractivity contribution in [1.82, 2.24) is 16.0 Å². The van der Waals surface area contributed by atoms with E-state index < -0.39 is 11.7 Å². The number of guanidine groups is 1. The molecule has 1 unspecified atom stereocenters. The predicted molar refractivity (Wildman–Crippen MR) is 110 cm³/mol. The van der Waals surface area contributed by atoms with Gasteiger partial charge < -0.3 is 25.1 Å². The standard InChI is InChI=1S/C21H30N4O3/c1-21(2,3)28-20(26)25-18(16-9-6-5-7-10-16)15-24-19(22-4)23-13-12-17-11-8-14-27-17/h5-11,14,18H,12-13,15H2,1-4H3,(H,25,26)(H2,22,23,24). The first-order valence-electron chi connectivity index (χ1n) is 9.39.